The first-order valence-corrected chi connectivity index (χ1v) is 7.20. The summed E-state index contributed by atoms with van der Waals surface area (Å²) in [5, 5.41) is 3.15. The topological polar surface area (TPSA) is 38.3 Å². The molecule has 1 rings (SSSR count). The highest BCUT2D eigenvalue weighted by molar-refractivity contribution is 7.84. The summed E-state index contributed by atoms with van der Waals surface area (Å²) in [6, 6.07) is 6.46. The fourth-order valence-electron chi connectivity index (χ4n) is 1.35. The molecule has 1 N–H and O–H groups in total. The van der Waals surface area contributed by atoms with Crippen molar-refractivity contribution in [3.05, 3.63) is 29.8 Å². The monoisotopic (exact) mass is 277 g/mol. The highest BCUT2D eigenvalue weighted by Gasteiger charge is 2.03. The first-order valence-electron chi connectivity index (χ1n) is 5.71. The number of rotatable bonds is 8. The van der Waals surface area contributed by atoms with Gasteiger partial charge in [0.25, 0.3) is 0 Å². The van der Waals surface area contributed by atoms with Gasteiger partial charge in [-0.05, 0) is 17.7 Å². The average molecular weight is 277 g/mol. The summed E-state index contributed by atoms with van der Waals surface area (Å²) in [6.45, 7) is 0.390. The number of halogens is 2. The van der Waals surface area contributed by atoms with Gasteiger partial charge in [0.15, 0.2) is 0 Å². The van der Waals surface area contributed by atoms with Crippen LogP contribution in [0.4, 0.5) is 8.78 Å². The molecule has 3 nitrogen and oxygen atoms in total. The van der Waals surface area contributed by atoms with Crippen LogP contribution in [0.25, 0.3) is 0 Å². The van der Waals surface area contributed by atoms with E-state index < -0.39 is 17.4 Å². The molecule has 0 aliphatic carbocycles. The molecule has 0 radical (unpaired) electrons. The third-order valence-electron chi connectivity index (χ3n) is 2.31. The lowest BCUT2D eigenvalue weighted by molar-refractivity contribution is -0.0498. The molecular formula is C12H17F2NO2S. The Morgan fingerprint density at radius 2 is 2.00 bits per heavy atom. The van der Waals surface area contributed by atoms with E-state index in [0.717, 1.165) is 5.56 Å². The molecule has 1 aromatic carbocycles. The van der Waals surface area contributed by atoms with E-state index in [0.29, 0.717) is 24.6 Å². The van der Waals surface area contributed by atoms with E-state index >= 15 is 0 Å². The van der Waals surface area contributed by atoms with E-state index in [2.05, 4.69) is 10.1 Å². The maximum atomic E-state index is 11.9. The number of ether oxygens (including phenoxy) is 1. The van der Waals surface area contributed by atoms with Crippen LogP contribution in [0.15, 0.2) is 24.3 Å². The van der Waals surface area contributed by atoms with Gasteiger partial charge in [-0.25, -0.2) is 0 Å². The molecule has 0 saturated carbocycles. The van der Waals surface area contributed by atoms with Gasteiger partial charge in [-0.1, -0.05) is 19.1 Å². The summed E-state index contributed by atoms with van der Waals surface area (Å²) in [4.78, 5) is 0. The van der Waals surface area contributed by atoms with Crippen molar-refractivity contribution in [1.29, 1.82) is 0 Å². The largest absolute Gasteiger partial charge is 0.435 e. The Bertz CT molecular complexity index is 371. The predicted molar refractivity (Wildman–Crippen MR) is 68.3 cm³/mol. The molecule has 6 heteroatoms. The van der Waals surface area contributed by atoms with Gasteiger partial charge in [0.2, 0.25) is 0 Å². The van der Waals surface area contributed by atoms with E-state index in [1.54, 1.807) is 12.1 Å². The molecule has 0 aromatic heterocycles. The molecule has 1 aromatic rings. The minimum atomic E-state index is -2.79. The summed E-state index contributed by atoms with van der Waals surface area (Å²) in [6.07, 6.45) is 0. The molecule has 102 valence electrons. The van der Waals surface area contributed by atoms with Gasteiger partial charge in [0.05, 0.1) is 0 Å². The number of hydrogen-bond acceptors (Lipinski definition) is 3. The number of hydrogen-bond donors (Lipinski definition) is 1. The predicted octanol–water partition coefficient (Wildman–Crippen LogP) is 2.15. The lowest BCUT2D eigenvalue weighted by Gasteiger charge is -2.07. The van der Waals surface area contributed by atoms with Crippen molar-refractivity contribution in [2.24, 2.45) is 0 Å². The van der Waals surface area contributed by atoms with Crippen molar-refractivity contribution in [3.8, 4) is 5.75 Å². The number of nitrogens with one attached hydrogen (secondary N) is 1. The fourth-order valence-corrected chi connectivity index (χ4v) is 2.01. The number of alkyl halides is 2. The van der Waals surface area contributed by atoms with Crippen LogP contribution in [0.2, 0.25) is 0 Å². The maximum Gasteiger partial charge on any atom is 0.387 e. The molecule has 18 heavy (non-hydrogen) atoms. The molecule has 0 aliphatic rings. The van der Waals surface area contributed by atoms with Crippen LogP contribution in [0.3, 0.4) is 0 Å². The van der Waals surface area contributed by atoms with Crippen LogP contribution in [-0.4, -0.2) is 28.9 Å². The Balaban J connectivity index is 2.28. The van der Waals surface area contributed by atoms with E-state index in [-0.39, 0.29) is 5.75 Å². The zero-order valence-corrected chi connectivity index (χ0v) is 11.0. The molecular weight excluding hydrogens is 260 g/mol. The van der Waals surface area contributed by atoms with Gasteiger partial charge in [0.1, 0.15) is 5.75 Å². The van der Waals surface area contributed by atoms with E-state index in [4.69, 9.17) is 0 Å². The zero-order chi connectivity index (χ0) is 13.4. The van der Waals surface area contributed by atoms with Gasteiger partial charge < -0.3 is 10.1 Å². The molecule has 0 spiro atoms. The lowest BCUT2D eigenvalue weighted by Crippen LogP contribution is -2.20. The van der Waals surface area contributed by atoms with Crippen LogP contribution >= 0.6 is 0 Å². The van der Waals surface area contributed by atoms with Gasteiger partial charge in [-0.15, -0.1) is 0 Å². The summed E-state index contributed by atoms with van der Waals surface area (Å²) >= 11 is 0. The lowest BCUT2D eigenvalue weighted by atomic mass is 10.2. The molecule has 1 unspecified atom stereocenters. The van der Waals surface area contributed by atoms with Crippen LogP contribution in [0, 0.1) is 0 Å². The summed E-state index contributed by atoms with van der Waals surface area (Å²) in [7, 11) is -0.761. The van der Waals surface area contributed by atoms with Crippen LogP contribution in [-0.2, 0) is 17.3 Å². The Hall–Kier alpha value is -1.01. The third-order valence-corrected chi connectivity index (χ3v) is 3.61. The molecule has 0 aliphatic heterocycles. The van der Waals surface area contributed by atoms with Crippen LogP contribution in [0.1, 0.15) is 12.5 Å². The highest BCUT2D eigenvalue weighted by atomic mass is 32.2. The molecule has 0 saturated heterocycles. The SMILES string of the molecule is CCS(=O)CCNCc1ccc(OC(F)F)cc1. The minimum absolute atomic E-state index is 0.154. The first-order chi connectivity index (χ1) is 8.61. The van der Waals surface area contributed by atoms with Gasteiger partial charge in [-0.3, -0.25) is 4.21 Å². The summed E-state index contributed by atoms with van der Waals surface area (Å²) in [5.41, 5.74) is 0.971. The Kier molecular flexibility index (Phi) is 6.82. The molecule has 0 fully saturated rings. The Morgan fingerprint density at radius 3 is 2.56 bits per heavy atom. The van der Waals surface area contributed by atoms with Crippen molar-refractivity contribution < 1.29 is 17.7 Å². The highest BCUT2D eigenvalue weighted by Crippen LogP contribution is 2.14. The second kappa shape index (κ2) is 8.16. The Labute approximate surface area is 108 Å². The van der Waals surface area contributed by atoms with Crippen molar-refractivity contribution in [3.63, 3.8) is 0 Å². The minimum Gasteiger partial charge on any atom is -0.435 e. The fraction of sp³-hybridized carbons (Fsp3) is 0.500. The van der Waals surface area contributed by atoms with Crippen molar-refractivity contribution in [2.75, 3.05) is 18.1 Å². The van der Waals surface area contributed by atoms with Crippen molar-refractivity contribution >= 4 is 10.8 Å². The van der Waals surface area contributed by atoms with Gasteiger partial charge >= 0.3 is 6.61 Å². The van der Waals surface area contributed by atoms with Gasteiger partial charge in [-0.2, -0.15) is 8.78 Å². The number of benzene rings is 1. The zero-order valence-electron chi connectivity index (χ0n) is 10.2. The third kappa shape index (κ3) is 6.07. The maximum absolute atomic E-state index is 11.9. The van der Waals surface area contributed by atoms with Crippen molar-refractivity contribution in [1.82, 2.24) is 5.32 Å². The Morgan fingerprint density at radius 1 is 1.33 bits per heavy atom. The smallest absolute Gasteiger partial charge is 0.387 e. The average Bonchev–Trinajstić information content (AvgIpc) is 2.35. The molecule has 0 heterocycles. The normalized spacial score (nSPS) is 12.7. The van der Waals surface area contributed by atoms with E-state index in [1.165, 1.54) is 12.1 Å². The quantitative estimate of drug-likeness (QED) is 0.740. The van der Waals surface area contributed by atoms with E-state index in [9.17, 15) is 13.0 Å². The first kappa shape index (κ1) is 15.0. The van der Waals surface area contributed by atoms with Crippen molar-refractivity contribution in [2.45, 2.75) is 20.1 Å². The summed E-state index contributed by atoms with van der Waals surface area (Å²) < 4.78 is 39.2. The molecule has 1 atom stereocenters. The second-order valence-corrected chi connectivity index (χ2v) is 5.50. The second-order valence-electron chi connectivity index (χ2n) is 3.63. The summed E-state index contributed by atoms with van der Waals surface area (Å²) in [5.74, 6) is 1.45. The van der Waals surface area contributed by atoms with Crippen LogP contribution in [0.5, 0.6) is 5.75 Å². The van der Waals surface area contributed by atoms with E-state index in [1.807, 2.05) is 6.92 Å². The molecule has 0 bridgehead atoms. The molecule has 0 amide bonds. The van der Waals surface area contributed by atoms with Gasteiger partial charge in [0, 0.05) is 35.4 Å². The van der Waals surface area contributed by atoms with Crippen LogP contribution < -0.4 is 10.1 Å². The standard InChI is InChI=1S/C12H17F2NO2S/c1-2-18(16)8-7-15-9-10-3-5-11(6-4-10)17-12(13)14/h3-6,12,15H,2,7-9H2,1H3.